The summed E-state index contributed by atoms with van der Waals surface area (Å²) in [5, 5.41) is 2.39. The number of nitrogens with one attached hydrogen (secondary N) is 1. The summed E-state index contributed by atoms with van der Waals surface area (Å²) in [6.07, 6.45) is 0. The minimum Gasteiger partial charge on any atom is -0.441 e. The van der Waals surface area contributed by atoms with Gasteiger partial charge in [0.05, 0.1) is 13.2 Å². The Bertz CT molecular complexity index is 1100. The van der Waals surface area contributed by atoms with Crippen molar-refractivity contribution in [1.29, 1.82) is 0 Å². The maximum absolute atomic E-state index is 12.6. The zero-order chi connectivity index (χ0) is 19.0. The molecule has 2 aromatic heterocycles. The third kappa shape index (κ3) is 3.46. The van der Waals surface area contributed by atoms with Crippen LogP contribution in [0.15, 0.2) is 44.3 Å². The van der Waals surface area contributed by atoms with E-state index in [2.05, 4.69) is 10.3 Å². The molecule has 142 valence electrons. The number of carbonyl (C=O) groups excluding carboxylic acids is 1. The zero-order valence-corrected chi connectivity index (χ0v) is 15.3. The number of fused-ring (bicyclic) bond motifs is 1. The van der Waals surface area contributed by atoms with Gasteiger partial charge in [0.1, 0.15) is 5.52 Å². The van der Waals surface area contributed by atoms with Crippen LogP contribution in [0.2, 0.25) is 0 Å². The Morgan fingerprint density at radius 1 is 1.15 bits per heavy atom. The Labute approximate surface area is 155 Å². The van der Waals surface area contributed by atoms with Gasteiger partial charge in [-0.2, -0.15) is 4.31 Å². The molecule has 10 heteroatoms. The van der Waals surface area contributed by atoms with Crippen LogP contribution in [0.5, 0.6) is 0 Å². The number of nitrogens with zero attached hydrogens (tertiary/aromatic N) is 2. The molecule has 0 radical (unpaired) electrons. The number of hydrogen-bond donors (Lipinski definition) is 1. The summed E-state index contributed by atoms with van der Waals surface area (Å²) >= 11 is 0. The number of carbonyl (C=O) groups is 1. The molecule has 1 aliphatic rings. The fourth-order valence-corrected chi connectivity index (χ4v) is 4.12. The molecule has 3 aromatic rings. The van der Waals surface area contributed by atoms with Gasteiger partial charge in [-0.1, -0.05) is 0 Å². The third-order valence-corrected chi connectivity index (χ3v) is 5.90. The standard InChI is InChI=1S/C17H17N3O6S/c1-11-18-13-3-2-12(10-15(13)25-11)19-17(21)14-4-5-16(26-14)27(22,23)20-6-8-24-9-7-20/h2-5,10H,6-9H2,1H3,(H,19,21). The predicted molar refractivity (Wildman–Crippen MR) is 95.0 cm³/mol. The number of furan rings is 1. The van der Waals surface area contributed by atoms with Crippen LogP contribution in [0, 0.1) is 6.92 Å². The van der Waals surface area contributed by atoms with E-state index in [-0.39, 0.29) is 23.9 Å². The predicted octanol–water partition coefficient (Wildman–Crippen LogP) is 2.00. The molecule has 1 fully saturated rings. The van der Waals surface area contributed by atoms with E-state index in [0.717, 1.165) is 0 Å². The van der Waals surface area contributed by atoms with Gasteiger partial charge in [-0.15, -0.1) is 0 Å². The second-order valence-electron chi connectivity index (χ2n) is 6.00. The van der Waals surface area contributed by atoms with Crippen LogP contribution >= 0.6 is 0 Å². The van der Waals surface area contributed by atoms with Gasteiger partial charge in [0.25, 0.3) is 15.9 Å². The molecule has 3 heterocycles. The molecule has 1 N–H and O–H groups in total. The Morgan fingerprint density at radius 3 is 2.70 bits per heavy atom. The van der Waals surface area contributed by atoms with E-state index < -0.39 is 15.9 Å². The fraction of sp³-hybridized carbons (Fsp3) is 0.294. The molecule has 1 aromatic carbocycles. The van der Waals surface area contributed by atoms with Gasteiger partial charge in [-0.05, 0) is 24.3 Å². The van der Waals surface area contributed by atoms with Gasteiger partial charge in [0.15, 0.2) is 17.2 Å². The van der Waals surface area contributed by atoms with Crippen LogP contribution in [0.25, 0.3) is 11.1 Å². The highest BCUT2D eigenvalue weighted by Gasteiger charge is 2.30. The first kappa shape index (κ1) is 17.7. The largest absolute Gasteiger partial charge is 0.441 e. The number of oxazole rings is 1. The Balaban J connectivity index is 1.52. The van der Waals surface area contributed by atoms with E-state index in [9.17, 15) is 13.2 Å². The van der Waals surface area contributed by atoms with E-state index in [0.29, 0.717) is 35.9 Å². The number of morpholine rings is 1. The van der Waals surface area contributed by atoms with Crippen LogP contribution in [-0.2, 0) is 14.8 Å². The smallest absolute Gasteiger partial charge is 0.291 e. The maximum Gasteiger partial charge on any atom is 0.291 e. The van der Waals surface area contributed by atoms with Gasteiger partial charge in [0.2, 0.25) is 5.09 Å². The van der Waals surface area contributed by atoms with Gasteiger partial charge in [-0.3, -0.25) is 4.79 Å². The number of sulfonamides is 1. The van der Waals surface area contributed by atoms with Crippen LogP contribution in [-0.4, -0.2) is 49.9 Å². The van der Waals surface area contributed by atoms with Gasteiger partial charge in [0, 0.05) is 31.8 Å². The summed E-state index contributed by atoms with van der Waals surface area (Å²) in [5.41, 5.74) is 1.71. The molecule has 0 unspecified atom stereocenters. The number of benzene rings is 1. The molecule has 4 rings (SSSR count). The number of amides is 1. The minimum atomic E-state index is -3.79. The van der Waals surface area contributed by atoms with E-state index in [1.165, 1.54) is 16.4 Å². The van der Waals surface area contributed by atoms with Gasteiger partial charge < -0.3 is 18.9 Å². The lowest BCUT2D eigenvalue weighted by Gasteiger charge is -2.24. The van der Waals surface area contributed by atoms with Crippen molar-refractivity contribution in [3.8, 4) is 0 Å². The summed E-state index contributed by atoms with van der Waals surface area (Å²) in [7, 11) is -3.79. The summed E-state index contributed by atoms with van der Waals surface area (Å²) < 4.78 is 42.3. The molecule has 0 spiro atoms. The topological polar surface area (TPSA) is 115 Å². The third-order valence-electron chi connectivity index (χ3n) is 4.12. The average Bonchev–Trinajstić information content (AvgIpc) is 3.28. The quantitative estimate of drug-likeness (QED) is 0.723. The first-order chi connectivity index (χ1) is 12.9. The van der Waals surface area contributed by atoms with Crippen molar-refractivity contribution in [1.82, 2.24) is 9.29 Å². The molecular formula is C17H17N3O6S. The van der Waals surface area contributed by atoms with Crippen molar-refractivity contribution in [3.63, 3.8) is 0 Å². The number of rotatable bonds is 4. The molecule has 0 aliphatic carbocycles. The first-order valence-electron chi connectivity index (χ1n) is 8.30. The number of aromatic nitrogens is 1. The molecule has 0 atom stereocenters. The number of ether oxygens (including phenoxy) is 1. The molecule has 0 saturated carbocycles. The van der Waals surface area contributed by atoms with Crippen LogP contribution in [0.4, 0.5) is 5.69 Å². The molecule has 27 heavy (non-hydrogen) atoms. The molecule has 1 aliphatic heterocycles. The number of aryl methyl sites for hydroxylation is 1. The SMILES string of the molecule is Cc1nc2ccc(NC(=O)c3ccc(S(=O)(=O)N4CCOCC4)o3)cc2o1. The van der Waals surface area contributed by atoms with Crippen molar-refractivity contribution in [2.75, 3.05) is 31.6 Å². The van der Waals surface area contributed by atoms with Crippen LogP contribution in [0.1, 0.15) is 16.4 Å². The first-order valence-corrected chi connectivity index (χ1v) is 9.74. The minimum absolute atomic E-state index is 0.101. The highest BCUT2D eigenvalue weighted by Crippen LogP contribution is 2.23. The van der Waals surface area contributed by atoms with E-state index in [1.54, 1.807) is 25.1 Å². The van der Waals surface area contributed by atoms with Gasteiger partial charge >= 0.3 is 0 Å². The lowest BCUT2D eigenvalue weighted by atomic mass is 10.3. The summed E-state index contributed by atoms with van der Waals surface area (Å²) in [6, 6.07) is 7.65. The number of anilines is 1. The lowest BCUT2D eigenvalue weighted by molar-refractivity contribution is 0.0723. The fourth-order valence-electron chi connectivity index (χ4n) is 2.81. The van der Waals surface area contributed by atoms with Crippen molar-refractivity contribution in [3.05, 3.63) is 42.0 Å². The average molecular weight is 391 g/mol. The normalized spacial score (nSPS) is 15.9. The molecule has 1 saturated heterocycles. The second-order valence-corrected chi connectivity index (χ2v) is 7.87. The summed E-state index contributed by atoms with van der Waals surface area (Å²) in [6.45, 7) is 2.90. The monoisotopic (exact) mass is 391 g/mol. The highest BCUT2D eigenvalue weighted by molar-refractivity contribution is 7.89. The maximum atomic E-state index is 12.6. The molecule has 9 nitrogen and oxygen atoms in total. The second kappa shape index (κ2) is 6.80. The lowest BCUT2D eigenvalue weighted by Crippen LogP contribution is -2.40. The summed E-state index contributed by atoms with van der Waals surface area (Å²) in [5.74, 6) is -0.137. The van der Waals surface area contributed by atoms with Crippen molar-refractivity contribution < 1.29 is 26.8 Å². The van der Waals surface area contributed by atoms with E-state index in [4.69, 9.17) is 13.6 Å². The van der Waals surface area contributed by atoms with Crippen molar-refractivity contribution in [2.24, 2.45) is 0 Å². The van der Waals surface area contributed by atoms with Crippen LogP contribution in [0.3, 0.4) is 0 Å². The Morgan fingerprint density at radius 2 is 1.93 bits per heavy atom. The zero-order valence-electron chi connectivity index (χ0n) is 14.5. The van der Waals surface area contributed by atoms with Crippen molar-refractivity contribution in [2.45, 2.75) is 12.0 Å². The Kier molecular flexibility index (Phi) is 4.46. The molecule has 1 amide bonds. The highest BCUT2D eigenvalue weighted by atomic mass is 32.2. The number of hydrogen-bond acceptors (Lipinski definition) is 7. The summed E-state index contributed by atoms with van der Waals surface area (Å²) in [4.78, 5) is 16.6. The van der Waals surface area contributed by atoms with Crippen LogP contribution < -0.4 is 5.32 Å². The van der Waals surface area contributed by atoms with Crippen molar-refractivity contribution >= 4 is 32.7 Å². The van der Waals surface area contributed by atoms with E-state index in [1.807, 2.05) is 0 Å². The molecular weight excluding hydrogens is 374 g/mol. The Hall–Kier alpha value is -2.69. The van der Waals surface area contributed by atoms with Gasteiger partial charge in [-0.25, -0.2) is 13.4 Å². The van der Waals surface area contributed by atoms with E-state index >= 15 is 0 Å². The molecule has 0 bridgehead atoms.